The van der Waals surface area contributed by atoms with E-state index in [-0.39, 0.29) is 29.4 Å². The van der Waals surface area contributed by atoms with Gasteiger partial charge in [0.1, 0.15) is 0 Å². The van der Waals surface area contributed by atoms with Gasteiger partial charge in [0, 0.05) is 12.2 Å². The molecule has 0 fully saturated rings. The van der Waals surface area contributed by atoms with Gasteiger partial charge >= 0.3 is 0 Å². The maximum absolute atomic E-state index is 12.2. The Morgan fingerprint density at radius 3 is 2.34 bits per heavy atom. The molecule has 0 aromatic heterocycles. The number of benzene rings is 2. The van der Waals surface area contributed by atoms with Crippen LogP contribution in [-0.4, -0.2) is 48.9 Å². The molecule has 0 saturated carbocycles. The Morgan fingerprint density at radius 1 is 1.03 bits per heavy atom. The van der Waals surface area contributed by atoms with Crippen molar-refractivity contribution in [3.63, 3.8) is 0 Å². The van der Waals surface area contributed by atoms with Gasteiger partial charge < -0.3 is 15.5 Å². The minimum atomic E-state index is -0.101. The third-order valence-corrected chi connectivity index (χ3v) is 5.59. The SMILES string of the molecule is CCc1ccc(C(CNC(=O)CSCC(=O)Nc2cccc(C)c2)N(C)C)cc1. The normalized spacial score (nSPS) is 11.9. The smallest absolute Gasteiger partial charge is 0.234 e. The molecular formula is C23H31N3O2S. The summed E-state index contributed by atoms with van der Waals surface area (Å²) in [6.07, 6.45) is 1.01. The first-order chi connectivity index (χ1) is 13.9. The van der Waals surface area contributed by atoms with E-state index in [0.717, 1.165) is 17.7 Å². The summed E-state index contributed by atoms with van der Waals surface area (Å²) < 4.78 is 0. The minimum absolute atomic E-state index is 0.0598. The zero-order valence-corrected chi connectivity index (χ0v) is 18.5. The second-order valence-electron chi connectivity index (χ2n) is 7.29. The molecule has 2 aromatic carbocycles. The number of amides is 2. The first-order valence-electron chi connectivity index (χ1n) is 9.85. The second-order valence-corrected chi connectivity index (χ2v) is 8.27. The molecule has 0 aliphatic rings. The Kier molecular flexibility index (Phi) is 9.22. The van der Waals surface area contributed by atoms with Gasteiger partial charge in [0.15, 0.2) is 0 Å². The number of nitrogens with zero attached hydrogens (tertiary/aromatic N) is 1. The molecule has 2 N–H and O–H groups in total. The van der Waals surface area contributed by atoms with E-state index >= 15 is 0 Å². The largest absolute Gasteiger partial charge is 0.353 e. The van der Waals surface area contributed by atoms with Crippen LogP contribution in [0.25, 0.3) is 0 Å². The molecule has 5 nitrogen and oxygen atoms in total. The van der Waals surface area contributed by atoms with Crippen LogP contribution in [0.1, 0.15) is 29.7 Å². The molecule has 0 heterocycles. The predicted octanol–water partition coefficient (Wildman–Crippen LogP) is 3.65. The summed E-state index contributed by atoms with van der Waals surface area (Å²) in [4.78, 5) is 26.3. The summed E-state index contributed by atoms with van der Waals surface area (Å²) in [6, 6.07) is 16.3. The fourth-order valence-electron chi connectivity index (χ4n) is 2.99. The third-order valence-electron chi connectivity index (χ3n) is 4.66. The average Bonchev–Trinajstić information content (AvgIpc) is 2.68. The fourth-order valence-corrected chi connectivity index (χ4v) is 3.64. The zero-order chi connectivity index (χ0) is 21.2. The van der Waals surface area contributed by atoms with Crippen molar-refractivity contribution in [2.24, 2.45) is 0 Å². The van der Waals surface area contributed by atoms with E-state index in [4.69, 9.17) is 0 Å². The summed E-state index contributed by atoms with van der Waals surface area (Å²) in [7, 11) is 4.02. The molecule has 1 unspecified atom stereocenters. The van der Waals surface area contributed by atoms with Gasteiger partial charge in [-0.05, 0) is 56.3 Å². The van der Waals surface area contributed by atoms with Crippen LogP contribution in [0, 0.1) is 6.92 Å². The lowest BCUT2D eigenvalue weighted by molar-refractivity contribution is -0.118. The zero-order valence-electron chi connectivity index (χ0n) is 17.7. The maximum atomic E-state index is 12.2. The molecule has 2 aromatic rings. The summed E-state index contributed by atoms with van der Waals surface area (Å²) >= 11 is 1.32. The van der Waals surface area contributed by atoms with Crippen LogP contribution in [0.5, 0.6) is 0 Å². The van der Waals surface area contributed by atoms with Crippen molar-refractivity contribution >= 4 is 29.3 Å². The lowest BCUT2D eigenvalue weighted by atomic mass is 10.0. The van der Waals surface area contributed by atoms with E-state index in [9.17, 15) is 9.59 Å². The monoisotopic (exact) mass is 413 g/mol. The first kappa shape index (κ1) is 23.0. The van der Waals surface area contributed by atoms with Crippen LogP contribution in [0.3, 0.4) is 0 Å². The van der Waals surface area contributed by atoms with Gasteiger partial charge in [-0.3, -0.25) is 9.59 Å². The average molecular weight is 414 g/mol. The van der Waals surface area contributed by atoms with Crippen LogP contribution < -0.4 is 10.6 Å². The van der Waals surface area contributed by atoms with Crippen molar-refractivity contribution in [3.05, 3.63) is 65.2 Å². The van der Waals surface area contributed by atoms with Gasteiger partial charge in [-0.2, -0.15) is 0 Å². The van der Waals surface area contributed by atoms with Gasteiger partial charge in [-0.15, -0.1) is 11.8 Å². The first-order valence-corrected chi connectivity index (χ1v) is 11.0. The molecule has 2 amide bonds. The highest BCUT2D eigenvalue weighted by molar-refractivity contribution is 8.00. The standard InChI is InChI=1S/C23H31N3O2S/c1-5-18-9-11-19(12-10-18)21(26(3)4)14-24-22(27)15-29-16-23(28)25-20-8-6-7-17(2)13-20/h6-13,21H,5,14-16H2,1-4H3,(H,24,27)(H,25,28). The molecule has 0 aliphatic carbocycles. The fraction of sp³-hybridized carbons (Fsp3) is 0.391. The van der Waals surface area contributed by atoms with Crippen molar-refractivity contribution in [1.82, 2.24) is 10.2 Å². The van der Waals surface area contributed by atoms with Crippen molar-refractivity contribution in [2.75, 3.05) is 37.5 Å². The summed E-state index contributed by atoms with van der Waals surface area (Å²) in [5.41, 5.74) is 4.35. The molecular weight excluding hydrogens is 382 g/mol. The number of hydrogen-bond donors (Lipinski definition) is 2. The number of thioether (sulfide) groups is 1. The number of hydrogen-bond acceptors (Lipinski definition) is 4. The molecule has 29 heavy (non-hydrogen) atoms. The maximum Gasteiger partial charge on any atom is 0.234 e. The van der Waals surface area contributed by atoms with E-state index in [0.29, 0.717) is 6.54 Å². The Bertz CT molecular complexity index is 806. The molecule has 0 saturated heterocycles. The van der Waals surface area contributed by atoms with E-state index < -0.39 is 0 Å². The van der Waals surface area contributed by atoms with E-state index in [2.05, 4.69) is 46.7 Å². The Balaban J connectivity index is 1.75. The molecule has 0 aliphatic heterocycles. The summed E-state index contributed by atoms with van der Waals surface area (Å²) in [5, 5.41) is 5.84. The number of nitrogens with one attached hydrogen (secondary N) is 2. The number of anilines is 1. The van der Waals surface area contributed by atoms with E-state index in [1.807, 2.05) is 45.3 Å². The number of rotatable bonds is 10. The molecule has 6 heteroatoms. The second kappa shape index (κ2) is 11.6. The topological polar surface area (TPSA) is 61.4 Å². The number of carbonyl (C=O) groups is 2. The molecule has 0 radical (unpaired) electrons. The number of aryl methyl sites for hydroxylation is 2. The van der Waals surface area contributed by atoms with E-state index in [1.54, 1.807) is 0 Å². The lowest BCUT2D eigenvalue weighted by Crippen LogP contribution is -2.35. The number of likely N-dealkylation sites (N-methyl/N-ethyl adjacent to an activating group) is 1. The Morgan fingerprint density at radius 2 is 1.72 bits per heavy atom. The van der Waals surface area contributed by atoms with Crippen molar-refractivity contribution < 1.29 is 9.59 Å². The summed E-state index contributed by atoms with van der Waals surface area (Å²) in [5.74, 6) is 0.346. The van der Waals surface area contributed by atoms with Gasteiger partial charge in [0.2, 0.25) is 11.8 Å². The van der Waals surface area contributed by atoms with Crippen LogP contribution in [-0.2, 0) is 16.0 Å². The highest BCUT2D eigenvalue weighted by atomic mass is 32.2. The molecule has 1 atom stereocenters. The van der Waals surface area contributed by atoms with E-state index in [1.165, 1.54) is 22.9 Å². The Hall–Kier alpha value is -2.31. The molecule has 156 valence electrons. The minimum Gasteiger partial charge on any atom is -0.353 e. The van der Waals surface area contributed by atoms with Crippen molar-refractivity contribution in [1.29, 1.82) is 0 Å². The van der Waals surface area contributed by atoms with Crippen LogP contribution in [0.15, 0.2) is 48.5 Å². The molecule has 0 spiro atoms. The highest BCUT2D eigenvalue weighted by Crippen LogP contribution is 2.18. The molecule has 2 rings (SSSR count). The lowest BCUT2D eigenvalue weighted by Gasteiger charge is -2.25. The highest BCUT2D eigenvalue weighted by Gasteiger charge is 2.15. The van der Waals surface area contributed by atoms with Gasteiger partial charge in [0.25, 0.3) is 0 Å². The van der Waals surface area contributed by atoms with Crippen LogP contribution in [0.4, 0.5) is 5.69 Å². The van der Waals surface area contributed by atoms with Crippen molar-refractivity contribution in [2.45, 2.75) is 26.3 Å². The van der Waals surface area contributed by atoms with Crippen molar-refractivity contribution in [3.8, 4) is 0 Å². The van der Waals surface area contributed by atoms with Gasteiger partial charge in [-0.1, -0.05) is 43.3 Å². The van der Waals surface area contributed by atoms with Crippen LogP contribution >= 0.6 is 11.8 Å². The Labute approximate surface area is 178 Å². The predicted molar refractivity (Wildman–Crippen MR) is 122 cm³/mol. The number of carbonyl (C=O) groups excluding carboxylic acids is 2. The third kappa shape index (κ3) is 7.91. The summed E-state index contributed by atoms with van der Waals surface area (Å²) in [6.45, 7) is 4.65. The van der Waals surface area contributed by atoms with Gasteiger partial charge in [0.05, 0.1) is 17.5 Å². The van der Waals surface area contributed by atoms with Gasteiger partial charge in [-0.25, -0.2) is 0 Å². The quantitative estimate of drug-likeness (QED) is 0.624. The van der Waals surface area contributed by atoms with Crippen LogP contribution in [0.2, 0.25) is 0 Å². The molecule has 0 bridgehead atoms.